The standard InChI is InChI=1S/C17H20N2O3S/c1-3-12-22-17-7-5-4-6-15(17)13-18-19-23(20,21)16-10-8-14(2)9-11-16/h4-11,13,19H,3,12H2,1-2H3. The first-order chi connectivity index (χ1) is 11.0. The van der Waals surface area contributed by atoms with E-state index < -0.39 is 10.0 Å². The molecule has 0 aliphatic heterocycles. The lowest BCUT2D eigenvalue weighted by Gasteiger charge is -2.07. The van der Waals surface area contributed by atoms with Gasteiger partial charge in [0.2, 0.25) is 0 Å². The third kappa shape index (κ3) is 4.82. The molecule has 23 heavy (non-hydrogen) atoms. The quantitative estimate of drug-likeness (QED) is 0.626. The van der Waals surface area contributed by atoms with Crippen molar-refractivity contribution in [2.45, 2.75) is 25.2 Å². The zero-order chi connectivity index (χ0) is 16.7. The molecule has 0 amide bonds. The van der Waals surface area contributed by atoms with Gasteiger partial charge >= 0.3 is 0 Å². The predicted octanol–water partition coefficient (Wildman–Crippen LogP) is 3.10. The van der Waals surface area contributed by atoms with Gasteiger partial charge in [0.1, 0.15) is 5.75 Å². The second-order valence-electron chi connectivity index (χ2n) is 5.05. The lowest BCUT2D eigenvalue weighted by Crippen LogP contribution is -2.18. The van der Waals surface area contributed by atoms with Crippen LogP contribution < -0.4 is 9.57 Å². The first-order valence-corrected chi connectivity index (χ1v) is 8.84. The fourth-order valence-electron chi connectivity index (χ4n) is 1.87. The number of nitrogens with zero attached hydrogens (tertiary/aromatic N) is 1. The van der Waals surface area contributed by atoms with Crippen LogP contribution in [0.4, 0.5) is 0 Å². The monoisotopic (exact) mass is 332 g/mol. The van der Waals surface area contributed by atoms with E-state index in [1.165, 1.54) is 6.21 Å². The Morgan fingerprint density at radius 2 is 1.83 bits per heavy atom. The van der Waals surface area contributed by atoms with E-state index in [2.05, 4.69) is 9.93 Å². The maximum atomic E-state index is 12.1. The highest BCUT2D eigenvalue weighted by Crippen LogP contribution is 2.16. The lowest BCUT2D eigenvalue weighted by molar-refractivity contribution is 0.317. The third-order valence-corrected chi connectivity index (χ3v) is 4.33. The Morgan fingerprint density at radius 1 is 1.13 bits per heavy atom. The number of sulfonamides is 1. The molecule has 0 fully saturated rings. The van der Waals surface area contributed by atoms with E-state index in [9.17, 15) is 8.42 Å². The van der Waals surface area contributed by atoms with Crippen LogP contribution in [0.2, 0.25) is 0 Å². The van der Waals surface area contributed by atoms with Crippen LogP contribution >= 0.6 is 0 Å². The summed E-state index contributed by atoms with van der Waals surface area (Å²) in [4.78, 5) is 2.39. The molecule has 0 saturated carbocycles. The number of ether oxygens (including phenoxy) is 1. The summed E-state index contributed by atoms with van der Waals surface area (Å²) in [5, 5.41) is 3.84. The van der Waals surface area contributed by atoms with Crippen LogP contribution in [0.15, 0.2) is 58.5 Å². The van der Waals surface area contributed by atoms with Crippen molar-refractivity contribution in [3.05, 3.63) is 59.7 Å². The molecule has 5 nitrogen and oxygen atoms in total. The maximum Gasteiger partial charge on any atom is 0.276 e. The second-order valence-corrected chi connectivity index (χ2v) is 6.71. The van der Waals surface area contributed by atoms with E-state index in [1.807, 2.05) is 38.1 Å². The van der Waals surface area contributed by atoms with Crippen molar-refractivity contribution in [2.24, 2.45) is 5.10 Å². The van der Waals surface area contributed by atoms with Gasteiger partial charge in [-0.25, -0.2) is 4.83 Å². The van der Waals surface area contributed by atoms with Crippen LogP contribution in [0, 0.1) is 6.92 Å². The van der Waals surface area contributed by atoms with Gasteiger partial charge in [-0.3, -0.25) is 0 Å². The average molecular weight is 332 g/mol. The van der Waals surface area contributed by atoms with Gasteiger partial charge in [-0.15, -0.1) is 0 Å². The Morgan fingerprint density at radius 3 is 2.52 bits per heavy atom. The van der Waals surface area contributed by atoms with E-state index in [-0.39, 0.29) is 4.90 Å². The van der Waals surface area contributed by atoms with E-state index in [0.29, 0.717) is 17.9 Å². The normalized spacial score (nSPS) is 11.6. The highest BCUT2D eigenvalue weighted by atomic mass is 32.2. The zero-order valence-corrected chi connectivity index (χ0v) is 14.0. The van der Waals surface area contributed by atoms with Gasteiger partial charge in [0.05, 0.1) is 17.7 Å². The Kier molecular flexibility index (Phi) is 5.76. The molecule has 0 atom stereocenters. The minimum atomic E-state index is -3.67. The fourth-order valence-corrected chi connectivity index (χ4v) is 2.66. The van der Waals surface area contributed by atoms with Crippen LogP contribution in [0.25, 0.3) is 0 Å². The molecule has 2 aromatic rings. The largest absolute Gasteiger partial charge is 0.493 e. The van der Waals surface area contributed by atoms with E-state index in [4.69, 9.17) is 4.74 Å². The van der Waals surface area contributed by atoms with Crippen molar-refractivity contribution in [1.82, 2.24) is 4.83 Å². The number of para-hydroxylation sites is 1. The molecular formula is C17H20N2O3S. The molecule has 0 spiro atoms. The summed E-state index contributed by atoms with van der Waals surface area (Å²) in [5.41, 5.74) is 1.71. The summed E-state index contributed by atoms with van der Waals surface area (Å²) in [6.45, 7) is 4.52. The number of hydrogen-bond acceptors (Lipinski definition) is 4. The molecule has 2 aromatic carbocycles. The SMILES string of the molecule is CCCOc1ccccc1C=NNS(=O)(=O)c1ccc(C)cc1. The van der Waals surface area contributed by atoms with Crippen LogP contribution in [-0.2, 0) is 10.0 Å². The zero-order valence-electron chi connectivity index (χ0n) is 13.2. The van der Waals surface area contributed by atoms with Gasteiger partial charge in [0.15, 0.2) is 0 Å². The third-order valence-electron chi connectivity index (χ3n) is 3.09. The molecule has 2 rings (SSSR count). The van der Waals surface area contributed by atoms with E-state index in [0.717, 1.165) is 12.0 Å². The molecule has 0 unspecified atom stereocenters. The van der Waals surface area contributed by atoms with Crippen LogP contribution in [0.5, 0.6) is 5.75 Å². The molecule has 122 valence electrons. The highest BCUT2D eigenvalue weighted by Gasteiger charge is 2.11. The predicted molar refractivity (Wildman–Crippen MR) is 91.3 cm³/mol. The van der Waals surface area contributed by atoms with Crippen molar-refractivity contribution in [3.63, 3.8) is 0 Å². The van der Waals surface area contributed by atoms with Crippen molar-refractivity contribution >= 4 is 16.2 Å². The van der Waals surface area contributed by atoms with Gasteiger partial charge < -0.3 is 4.74 Å². The van der Waals surface area contributed by atoms with Crippen LogP contribution in [0.3, 0.4) is 0 Å². The summed E-state index contributed by atoms with van der Waals surface area (Å²) in [5.74, 6) is 0.674. The molecule has 0 bridgehead atoms. The number of hydrazone groups is 1. The number of rotatable bonds is 7. The maximum absolute atomic E-state index is 12.1. The topological polar surface area (TPSA) is 67.8 Å². The Labute approximate surface area is 137 Å². The van der Waals surface area contributed by atoms with Gasteiger partial charge in [-0.05, 0) is 37.6 Å². The molecule has 6 heteroatoms. The fraction of sp³-hybridized carbons (Fsp3) is 0.235. The van der Waals surface area contributed by atoms with Crippen molar-refractivity contribution in [3.8, 4) is 5.75 Å². The molecule has 0 aromatic heterocycles. The highest BCUT2D eigenvalue weighted by molar-refractivity contribution is 7.89. The minimum absolute atomic E-state index is 0.177. The van der Waals surface area contributed by atoms with Crippen molar-refractivity contribution in [1.29, 1.82) is 0 Å². The molecular weight excluding hydrogens is 312 g/mol. The van der Waals surface area contributed by atoms with E-state index in [1.54, 1.807) is 24.3 Å². The summed E-state index contributed by atoms with van der Waals surface area (Å²) in [6.07, 6.45) is 2.34. The minimum Gasteiger partial charge on any atom is -0.493 e. The molecule has 0 heterocycles. The molecule has 0 saturated heterocycles. The average Bonchev–Trinajstić information content (AvgIpc) is 2.54. The molecule has 0 aliphatic rings. The Hall–Kier alpha value is -2.34. The first-order valence-electron chi connectivity index (χ1n) is 7.36. The second kappa shape index (κ2) is 7.78. The van der Waals surface area contributed by atoms with Crippen LogP contribution in [0.1, 0.15) is 24.5 Å². The smallest absolute Gasteiger partial charge is 0.276 e. The van der Waals surface area contributed by atoms with Gasteiger partial charge in [0.25, 0.3) is 10.0 Å². The first kappa shape index (κ1) is 17.0. The summed E-state index contributed by atoms with van der Waals surface area (Å²) in [6, 6.07) is 13.9. The van der Waals surface area contributed by atoms with Gasteiger partial charge in [-0.1, -0.05) is 36.8 Å². The van der Waals surface area contributed by atoms with Gasteiger partial charge in [0, 0.05) is 5.56 Å². The van der Waals surface area contributed by atoms with Gasteiger partial charge in [-0.2, -0.15) is 13.5 Å². The van der Waals surface area contributed by atoms with Crippen molar-refractivity contribution in [2.75, 3.05) is 6.61 Å². The number of hydrogen-bond donors (Lipinski definition) is 1. The summed E-state index contributed by atoms with van der Waals surface area (Å²) >= 11 is 0. The number of benzene rings is 2. The molecule has 0 aliphatic carbocycles. The van der Waals surface area contributed by atoms with Crippen molar-refractivity contribution < 1.29 is 13.2 Å². The van der Waals surface area contributed by atoms with E-state index >= 15 is 0 Å². The molecule has 0 radical (unpaired) electrons. The Balaban J connectivity index is 2.11. The number of nitrogens with one attached hydrogen (secondary N) is 1. The summed E-state index contributed by atoms with van der Waals surface area (Å²) in [7, 11) is -3.67. The van der Waals surface area contributed by atoms with Crippen LogP contribution in [-0.4, -0.2) is 21.2 Å². The molecule has 1 N–H and O–H groups in total. The lowest BCUT2D eigenvalue weighted by atomic mass is 10.2. The Bertz CT molecular complexity index is 769. The number of aryl methyl sites for hydroxylation is 1. The summed E-state index contributed by atoms with van der Waals surface area (Å²) < 4.78 is 29.9.